The van der Waals surface area contributed by atoms with Crippen molar-refractivity contribution in [1.82, 2.24) is 0 Å². The number of alkyl halides is 2. The number of thiophene rings is 1. The highest BCUT2D eigenvalue weighted by Crippen LogP contribution is 2.37. The molecule has 0 bridgehead atoms. The molecule has 0 aliphatic heterocycles. The number of carbonyl (C=O) groups is 2. The van der Waals surface area contributed by atoms with Gasteiger partial charge < -0.3 is 4.74 Å². The van der Waals surface area contributed by atoms with Gasteiger partial charge in [-0.2, -0.15) is 0 Å². The summed E-state index contributed by atoms with van der Waals surface area (Å²) >= 11 is 18.0. The second-order valence-electron chi connectivity index (χ2n) is 5.23. The third-order valence-electron chi connectivity index (χ3n) is 3.46. The number of benzene rings is 1. The van der Waals surface area contributed by atoms with Crippen LogP contribution in [0.2, 0.25) is 15.1 Å². The lowest BCUT2D eigenvalue weighted by Gasteiger charge is -2.10. The Morgan fingerprint density at radius 2 is 1.67 bits per heavy atom. The van der Waals surface area contributed by atoms with Gasteiger partial charge in [-0.25, -0.2) is 18.0 Å². The average molecular weight is 458 g/mol. The lowest BCUT2D eigenvalue weighted by Crippen LogP contribution is -2.07. The maximum absolute atomic E-state index is 14.7. The molecule has 0 amide bonds. The summed E-state index contributed by atoms with van der Waals surface area (Å²) in [6.45, 7) is 1.51. The Morgan fingerprint density at radius 1 is 1.11 bits per heavy atom. The zero-order chi connectivity index (χ0) is 20.5. The molecule has 1 aromatic heterocycles. The van der Waals surface area contributed by atoms with E-state index in [4.69, 9.17) is 34.8 Å². The van der Waals surface area contributed by atoms with Crippen LogP contribution in [0.5, 0.6) is 0 Å². The molecule has 0 saturated heterocycles. The van der Waals surface area contributed by atoms with Crippen molar-refractivity contribution in [1.29, 1.82) is 0 Å². The molecule has 0 aliphatic carbocycles. The van der Waals surface area contributed by atoms with Crippen molar-refractivity contribution >= 4 is 63.5 Å². The van der Waals surface area contributed by atoms with Gasteiger partial charge in [0, 0.05) is 0 Å². The first kappa shape index (κ1) is 21.8. The summed E-state index contributed by atoms with van der Waals surface area (Å²) in [4.78, 5) is 23.8. The Bertz CT molecular complexity index is 931. The topological polar surface area (TPSA) is 43.4 Å². The molecule has 0 radical (unpaired) electrons. The SMILES string of the molecule is COC(=O)c1sc(C(=O)/C(F)=C(\c2cc(Cl)c(Cl)c(Cl)c2)C(F)F)cc1C. The molecule has 0 unspecified atom stereocenters. The Labute approximate surface area is 171 Å². The number of hydrogen-bond acceptors (Lipinski definition) is 4. The van der Waals surface area contributed by atoms with Crippen LogP contribution in [0.3, 0.4) is 0 Å². The Balaban J connectivity index is 2.58. The van der Waals surface area contributed by atoms with Gasteiger partial charge in [-0.15, -0.1) is 11.3 Å². The minimum Gasteiger partial charge on any atom is -0.465 e. The Hall–Kier alpha value is -1.54. The average Bonchev–Trinajstić information content (AvgIpc) is 2.99. The van der Waals surface area contributed by atoms with Gasteiger partial charge in [0.25, 0.3) is 6.43 Å². The zero-order valence-electron chi connectivity index (χ0n) is 13.7. The normalized spacial score (nSPS) is 12.2. The molecule has 3 nitrogen and oxygen atoms in total. The van der Waals surface area contributed by atoms with E-state index in [1.54, 1.807) is 0 Å². The molecule has 10 heteroatoms. The van der Waals surface area contributed by atoms with Gasteiger partial charge >= 0.3 is 5.97 Å². The van der Waals surface area contributed by atoms with Crippen molar-refractivity contribution in [2.45, 2.75) is 13.3 Å². The second-order valence-corrected chi connectivity index (χ2v) is 7.47. The van der Waals surface area contributed by atoms with E-state index < -0.39 is 29.6 Å². The summed E-state index contributed by atoms with van der Waals surface area (Å²) in [5.74, 6) is -3.70. The number of aryl methyl sites for hydroxylation is 1. The van der Waals surface area contributed by atoms with E-state index in [-0.39, 0.29) is 30.4 Å². The third kappa shape index (κ3) is 4.48. The third-order valence-corrected chi connectivity index (χ3v) is 5.87. The molecule has 144 valence electrons. The van der Waals surface area contributed by atoms with E-state index in [1.165, 1.54) is 13.0 Å². The highest BCUT2D eigenvalue weighted by molar-refractivity contribution is 7.16. The van der Waals surface area contributed by atoms with E-state index >= 15 is 0 Å². The van der Waals surface area contributed by atoms with Gasteiger partial charge in [-0.1, -0.05) is 34.8 Å². The van der Waals surface area contributed by atoms with Gasteiger partial charge in [0.15, 0.2) is 5.83 Å². The van der Waals surface area contributed by atoms with Gasteiger partial charge in [-0.05, 0) is 36.2 Å². The van der Waals surface area contributed by atoms with E-state index in [1.807, 2.05) is 0 Å². The largest absolute Gasteiger partial charge is 0.465 e. The van der Waals surface area contributed by atoms with Gasteiger partial charge in [-0.3, -0.25) is 4.79 Å². The first-order valence-electron chi connectivity index (χ1n) is 7.14. The van der Waals surface area contributed by atoms with Crippen LogP contribution in [-0.2, 0) is 4.74 Å². The summed E-state index contributed by atoms with van der Waals surface area (Å²) in [6.07, 6.45) is -3.33. The molecule has 2 aromatic rings. The number of ether oxygens (including phenoxy) is 1. The molecular weight excluding hydrogens is 448 g/mol. The molecule has 0 fully saturated rings. The maximum Gasteiger partial charge on any atom is 0.348 e. The molecule has 27 heavy (non-hydrogen) atoms. The van der Waals surface area contributed by atoms with E-state index in [0.717, 1.165) is 19.2 Å². The summed E-state index contributed by atoms with van der Waals surface area (Å²) in [5, 5.41) is -0.422. The van der Waals surface area contributed by atoms with Crippen molar-refractivity contribution < 1.29 is 27.5 Å². The number of methoxy groups -OCH3 is 1. The Morgan fingerprint density at radius 3 is 2.15 bits per heavy atom. The molecule has 0 N–H and O–H groups in total. The van der Waals surface area contributed by atoms with Crippen LogP contribution in [0.4, 0.5) is 13.2 Å². The highest BCUT2D eigenvalue weighted by atomic mass is 35.5. The van der Waals surface area contributed by atoms with Crippen molar-refractivity contribution in [3.63, 3.8) is 0 Å². The molecule has 0 saturated carbocycles. The fourth-order valence-electron chi connectivity index (χ4n) is 2.18. The van der Waals surface area contributed by atoms with Crippen LogP contribution in [-0.4, -0.2) is 25.3 Å². The predicted octanol–water partition coefficient (Wildman–Crippen LogP) is 6.63. The molecular formula is C17H10Cl3F3O3S. The van der Waals surface area contributed by atoms with Crippen molar-refractivity contribution in [3.8, 4) is 0 Å². The number of esters is 1. The minimum absolute atomic E-state index is 0.0739. The number of halogens is 6. The van der Waals surface area contributed by atoms with Gasteiger partial charge in [0.05, 0.1) is 32.6 Å². The summed E-state index contributed by atoms with van der Waals surface area (Å²) < 4.78 is 46.3. The number of rotatable bonds is 5. The summed E-state index contributed by atoms with van der Waals surface area (Å²) in [5.41, 5.74) is -1.19. The van der Waals surface area contributed by atoms with Crippen LogP contribution in [0.25, 0.3) is 5.57 Å². The lowest BCUT2D eigenvalue weighted by molar-refractivity contribution is 0.0605. The predicted molar refractivity (Wildman–Crippen MR) is 100 cm³/mol. The maximum atomic E-state index is 14.7. The second kappa shape index (κ2) is 8.65. The Kier molecular flexibility index (Phi) is 6.97. The highest BCUT2D eigenvalue weighted by Gasteiger charge is 2.28. The van der Waals surface area contributed by atoms with Gasteiger partial charge in [0.1, 0.15) is 4.88 Å². The molecule has 0 atom stereocenters. The van der Waals surface area contributed by atoms with Crippen LogP contribution in [0.15, 0.2) is 24.0 Å². The van der Waals surface area contributed by atoms with E-state index in [2.05, 4.69) is 4.74 Å². The number of allylic oxidation sites excluding steroid dienone is 2. The monoisotopic (exact) mass is 456 g/mol. The number of Topliss-reactive ketones (excluding diaryl/α,β-unsaturated/α-hetero) is 1. The van der Waals surface area contributed by atoms with Gasteiger partial charge in [0.2, 0.25) is 5.78 Å². The first-order chi connectivity index (χ1) is 12.6. The zero-order valence-corrected chi connectivity index (χ0v) is 16.8. The van der Waals surface area contributed by atoms with Crippen LogP contribution in [0, 0.1) is 6.92 Å². The van der Waals surface area contributed by atoms with Crippen molar-refractivity contribution in [2.75, 3.05) is 7.11 Å². The number of hydrogen-bond donors (Lipinski definition) is 0. The summed E-state index contributed by atoms with van der Waals surface area (Å²) in [7, 11) is 1.15. The van der Waals surface area contributed by atoms with Crippen LogP contribution >= 0.6 is 46.1 Å². The number of carbonyl (C=O) groups excluding carboxylic acids is 2. The standard InChI is InChI=1S/C17H10Cl3F3O3S/c1-6-3-10(27-15(6)17(25)26-2)14(24)13(21)11(16(22)23)7-4-8(18)12(20)9(19)5-7/h3-5,16H,1-2H3/b13-11-. The van der Waals surface area contributed by atoms with Crippen LogP contribution in [0.1, 0.15) is 30.5 Å². The molecule has 1 aromatic carbocycles. The molecule has 1 heterocycles. The quantitative estimate of drug-likeness (QED) is 0.219. The molecule has 0 spiro atoms. The lowest BCUT2D eigenvalue weighted by atomic mass is 10.0. The fourth-order valence-corrected chi connectivity index (χ4v) is 3.80. The summed E-state index contributed by atoms with van der Waals surface area (Å²) in [6, 6.07) is 3.21. The first-order valence-corrected chi connectivity index (χ1v) is 9.09. The molecule has 0 aliphatic rings. The van der Waals surface area contributed by atoms with Crippen LogP contribution < -0.4 is 0 Å². The smallest absolute Gasteiger partial charge is 0.348 e. The minimum atomic E-state index is -3.33. The van der Waals surface area contributed by atoms with Crippen molar-refractivity contribution in [3.05, 3.63) is 60.0 Å². The van der Waals surface area contributed by atoms with E-state index in [9.17, 15) is 22.8 Å². The van der Waals surface area contributed by atoms with E-state index in [0.29, 0.717) is 16.9 Å². The molecule has 2 rings (SSSR count). The van der Waals surface area contributed by atoms with Crippen molar-refractivity contribution in [2.24, 2.45) is 0 Å². The fraction of sp³-hybridized carbons (Fsp3) is 0.176. The number of ketones is 1.